The summed E-state index contributed by atoms with van der Waals surface area (Å²) < 4.78 is 9.87. The van der Waals surface area contributed by atoms with Gasteiger partial charge in [0.1, 0.15) is 0 Å². The highest BCUT2D eigenvalue weighted by molar-refractivity contribution is 5.74. The monoisotopic (exact) mass is 174 g/mol. The van der Waals surface area contributed by atoms with Crippen molar-refractivity contribution in [3.05, 3.63) is 0 Å². The number of carboxylic acid groups (broad SMARTS) is 1. The molecule has 4 heteroatoms. The van der Waals surface area contributed by atoms with E-state index in [1.54, 1.807) is 7.11 Å². The van der Waals surface area contributed by atoms with Crippen molar-refractivity contribution in [2.45, 2.75) is 18.9 Å². The lowest BCUT2D eigenvalue weighted by atomic mass is 10.0. The fourth-order valence-electron chi connectivity index (χ4n) is 1.54. The van der Waals surface area contributed by atoms with Gasteiger partial charge in [0.15, 0.2) is 6.10 Å². The summed E-state index contributed by atoms with van der Waals surface area (Å²) in [6, 6.07) is 0. The van der Waals surface area contributed by atoms with Crippen LogP contribution >= 0.6 is 0 Å². The summed E-state index contributed by atoms with van der Waals surface area (Å²) in [4.78, 5) is 10.7. The van der Waals surface area contributed by atoms with E-state index in [0.29, 0.717) is 6.61 Å². The number of methoxy groups -OCH3 is 2. The number of rotatable bonds is 5. The van der Waals surface area contributed by atoms with Crippen molar-refractivity contribution in [2.75, 3.05) is 20.8 Å². The maximum Gasteiger partial charge on any atom is 0.333 e. The summed E-state index contributed by atoms with van der Waals surface area (Å²) in [5.41, 5.74) is -0.255. The van der Waals surface area contributed by atoms with Crippen LogP contribution in [0.25, 0.3) is 0 Å². The molecule has 1 aliphatic carbocycles. The van der Waals surface area contributed by atoms with Gasteiger partial charge in [-0.1, -0.05) is 0 Å². The first-order valence-corrected chi connectivity index (χ1v) is 3.91. The largest absolute Gasteiger partial charge is 0.479 e. The Morgan fingerprint density at radius 2 is 2.17 bits per heavy atom. The molecule has 0 aromatic rings. The van der Waals surface area contributed by atoms with E-state index in [9.17, 15) is 4.79 Å². The molecule has 0 aromatic heterocycles. The van der Waals surface area contributed by atoms with Crippen LogP contribution in [0.1, 0.15) is 12.8 Å². The Bertz CT molecular complexity index is 174. The van der Waals surface area contributed by atoms with Gasteiger partial charge in [-0.15, -0.1) is 0 Å². The molecule has 1 rings (SSSR count). The van der Waals surface area contributed by atoms with E-state index in [1.807, 2.05) is 0 Å². The summed E-state index contributed by atoms with van der Waals surface area (Å²) in [6.45, 7) is 0.470. The van der Waals surface area contributed by atoms with Crippen molar-refractivity contribution in [2.24, 2.45) is 5.41 Å². The van der Waals surface area contributed by atoms with E-state index >= 15 is 0 Å². The summed E-state index contributed by atoms with van der Waals surface area (Å²) in [6.07, 6.45) is 1.05. The third kappa shape index (κ3) is 1.59. The molecule has 0 spiro atoms. The standard InChI is InChI=1S/C8H14O4/c1-11-5-8(3-4-8)6(12-2)7(9)10/h6H,3-5H2,1-2H3,(H,9,10). The van der Waals surface area contributed by atoms with Gasteiger partial charge in [-0.3, -0.25) is 0 Å². The van der Waals surface area contributed by atoms with Crippen LogP contribution in [0.2, 0.25) is 0 Å². The predicted molar refractivity (Wildman–Crippen MR) is 42.0 cm³/mol. The lowest BCUT2D eigenvalue weighted by Crippen LogP contribution is -2.35. The SMILES string of the molecule is COCC1(C(OC)C(=O)O)CC1. The Hall–Kier alpha value is -0.610. The molecule has 0 amide bonds. The molecule has 1 aliphatic rings. The molecule has 1 fully saturated rings. The number of hydrogen-bond donors (Lipinski definition) is 1. The summed E-state index contributed by atoms with van der Waals surface area (Å²) >= 11 is 0. The molecule has 1 unspecified atom stereocenters. The van der Waals surface area contributed by atoms with Crippen LogP contribution in [0.4, 0.5) is 0 Å². The maximum absolute atomic E-state index is 10.7. The van der Waals surface area contributed by atoms with Gasteiger partial charge in [-0.05, 0) is 12.8 Å². The Kier molecular flexibility index (Phi) is 2.69. The van der Waals surface area contributed by atoms with Gasteiger partial charge in [0.25, 0.3) is 0 Å². The van der Waals surface area contributed by atoms with Gasteiger partial charge in [-0.25, -0.2) is 4.79 Å². The predicted octanol–water partition coefficient (Wildman–Crippen LogP) is 0.513. The Balaban J connectivity index is 2.58. The fourth-order valence-corrected chi connectivity index (χ4v) is 1.54. The third-order valence-corrected chi connectivity index (χ3v) is 2.34. The Morgan fingerprint density at radius 1 is 1.58 bits per heavy atom. The molecule has 4 nitrogen and oxygen atoms in total. The van der Waals surface area contributed by atoms with Gasteiger partial charge in [0, 0.05) is 19.6 Å². The van der Waals surface area contributed by atoms with Crippen molar-refractivity contribution < 1.29 is 19.4 Å². The van der Waals surface area contributed by atoms with E-state index in [1.165, 1.54) is 7.11 Å². The molecular weight excluding hydrogens is 160 g/mol. The minimum atomic E-state index is -0.896. The van der Waals surface area contributed by atoms with Crippen LogP contribution in [0.5, 0.6) is 0 Å². The molecule has 0 saturated heterocycles. The zero-order chi connectivity index (χ0) is 9.19. The first-order chi connectivity index (χ1) is 5.66. The maximum atomic E-state index is 10.7. The zero-order valence-corrected chi connectivity index (χ0v) is 7.37. The molecule has 70 valence electrons. The van der Waals surface area contributed by atoms with Crippen molar-refractivity contribution in [3.63, 3.8) is 0 Å². The van der Waals surface area contributed by atoms with Gasteiger partial charge >= 0.3 is 5.97 Å². The van der Waals surface area contributed by atoms with Crippen LogP contribution in [-0.4, -0.2) is 38.0 Å². The second-order valence-corrected chi connectivity index (χ2v) is 3.25. The molecule has 0 radical (unpaired) electrons. The van der Waals surface area contributed by atoms with Gasteiger partial charge in [0.05, 0.1) is 6.61 Å². The molecule has 0 aliphatic heterocycles. The quantitative estimate of drug-likeness (QED) is 0.660. The van der Waals surface area contributed by atoms with Crippen molar-refractivity contribution in [1.29, 1.82) is 0 Å². The topological polar surface area (TPSA) is 55.8 Å². The molecule has 1 N–H and O–H groups in total. The normalized spacial score (nSPS) is 21.8. The van der Waals surface area contributed by atoms with E-state index in [2.05, 4.69) is 0 Å². The molecule has 1 atom stereocenters. The number of hydrogen-bond acceptors (Lipinski definition) is 3. The summed E-state index contributed by atoms with van der Waals surface area (Å²) in [5.74, 6) is -0.896. The van der Waals surface area contributed by atoms with Crippen molar-refractivity contribution in [1.82, 2.24) is 0 Å². The molecule has 0 bridgehead atoms. The van der Waals surface area contributed by atoms with Crippen molar-refractivity contribution >= 4 is 5.97 Å². The van der Waals surface area contributed by atoms with E-state index < -0.39 is 12.1 Å². The first-order valence-electron chi connectivity index (χ1n) is 3.91. The average molecular weight is 174 g/mol. The molecule has 12 heavy (non-hydrogen) atoms. The summed E-state index contributed by atoms with van der Waals surface area (Å²) in [7, 11) is 3.00. The zero-order valence-electron chi connectivity index (χ0n) is 7.37. The minimum Gasteiger partial charge on any atom is -0.479 e. The number of carbonyl (C=O) groups is 1. The second-order valence-electron chi connectivity index (χ2n) is 3.25. The van der Waals surface area contributed by atoms with E-state index in [4.69, 9.17) is 14.6 Å². The van der Waals surface area contributed by atoms with Gasteiger partial charge < -0.3 is 14.6 Å². The lowest BCUT2D eigenvalue weighted by molar-refractivity contribution is -0.154. The smallest absolute Gasteiger partial charge is 0.333 e. The second kappa shape index (κ2) is 3.41. The summed E-state index contributed by atoms with van der Waals surface area (Å²) in [5, 5.41) is 8.79. The van der Waals surface area contributed by atoms with Crippen LogP contribution in [0, 0.1) is 5.41 Å². The van der Waals surface area contributed by atoms with Gasteiger partial charge in [0.2, 0.25) is 0 Å². The van der Waals surface area contributed by atoms with E-state index in [-0.39, 0.29) is 5.41 Å². The first kappa shape index (κ1) is 9.48. The van der Waals surface area contributed by atoms with Crippen LogP contribution < -0.4 is 0 Å². The van der Waals surface area contributed by atoms with Crippen LogP contribution in [0.15, 0.2) is 0 Å². The third-order valence-electron chi connectivity index (χ3n) is 2.34. The fraction of sp³-hybridized carbons (Fsp3) is 0.875. The highest BCUT2D eigenvalue weighted by atomic mass is 16.5. The number of carboxylic acids is 1. The minimum absolute atomic E-state index is 0.255. The average Bonchev–Trinajstić information content (AvgIpc) is 2.71. The van der Waals surface area contributed by atoms with Gasteiger partial charge in [-0.2, -0.15) is 0 Å². The van der Waals surface area contributed by atoms with E-state index in [0.717, 1.165) is 12.8 Å². The highest BCUT2D eigenvalue weighted by Gasteiger charge is 2.53. The number of aliphatic carboxylic acids is 1. The Labute approximate surface area is 71.5 Å². The highest BCUT2D eigenvalue weighted by Crippen LogP contribution is 2.49. The Morgan fingerprint density at radius 3 is 2.42 bits per heavy atom. The molecular formula is C8H14O4. The van der Waals surface area contributed by atoms with Crippen molar-refractivity contribution in [3.8, 4) is 0 Å². The van der Waals surface area contributed by atoms with Crippen LogP contribution in [0.3, 0.4) is 0 Å². The molecule has 0 heterocycles. The lowest BCUT2D eigenvalue weighted by Gasteiger charge is -2.20. The molecule has 1 saturated carbocycles. The molecule has 0 aromatic carbocycles. The van der Waals surface area contributed by atoms with Crippen LogP contribution in [-0.2, 0) is 14.3 Å². The number of ether oxygens (including phenoxy) is 2.